The molecule has 1 aliphatic heterocycles. The van der Waals surface area contributed by atoms with Gasteiger partial charge in [-0.15, -0.1) is 24.0 Å². The first kappa shape index (κ1) is 23.2. The zero-order valence-corrected chi connectivity index (χ0v) is 18.8. The Morgan fingerprint density at radius 2 is 2.19 bits per heavy atom. The Labute approximate surface area is 174 Å². The summed E-state index contributed by atoms with van der Waals surface area (Å²) < 4.78 is 13.0. The molecular formula is C18H34IN5O2. The van der Waals surface area contributed by atoms with E-state index in [1.54, 1.807) is 0 Å². The van der Waals surface area contributed by atoms with Gasteiger partial charge in [-0.3, -0.25) is 9.67 Å². The molecule has 0 saturated carbocycles. The number of nitrogens with one attached hydrogen (secondary N) is 2. The second-order valence-corrected chi connectivity index (χ2v) is 6.42. The first-order valence-electron chi connectivity index (χ1n) is 9.32. The van der Waals surface area contributed by atoms with E-state index in [4.69, 9.17) is 9.47 Å². The number of aryl methyl sites for hydroxylation is 2. The van der Waals surface area contributed by atoms with Crippen molar-refractivity contribution in [2.75, 3.05) is 39.5 Å². The summed E-state index contributed by atoms with van der Waals surface area (Å²) in [7, 11) is 1.99. The molecule has 1 unspecified atom stereocenters. The van der Waals surface area contributed by atoms with Gasteiger partial charge in [0.25, 0.3) is 0 Å². The van der Waals surface area contributed by atoms with E-state index in [0.29, 0.717) is 0 Å². The fourth-order valence-electron chi connectivity index (χ4n) is 2.98. The van der Waals surface area contributed by atoms with Crippen LogP contribution >= 0.6 is 24.0 Å². The predicted molar refractivity (Wildman–Crippen MR) is 116 cm³/mol. The topological polar surface area (TPSA) is 72.7 Å². The van der Waals surface area contributed by atoms with Gasteiger partial charge in [0.1, 0.15) is 0 Å². The third-order valence-electron chi connectivity index (χ3n) is 4.48. The van der Waals surface area contributed by atoms with Crippen LogP contribution in [0.4, 0.5) is 0 Å². The second-order valence-electron chi connectivity index (χ2n) is 6.42. The number of hydrogen-bond acceptors (Lipinski definition) is 4. The Balaban J connectivity index is 0.00000338. The van der Waals surface area contributed by atoms with Crippen molar-refractivity contribution >= 4 is 29.9 Å². The van der Waals surface area contributed by atoms with E-state index < -0.39 is 0 Å². The molecule has 0 radical (unpaired) electrons. The quantitative estimate of drug-likeness (QED) is 0.245. The molecular weight excluding hydrogens is 445 g/mol. The maximum absolute atomic E-state index is 5.77. The van der Waals surface area contributed by atoms with Crippen molar-refractivity contribution in [2.45, 2.75) is 46.1 Å². The summed E-state index contributed by atoms with van der Waals surface area (Å²) in [6.45, 7) is 11.0. The summed E-state index contributed by atoms with van der Waals surface area (Å²) in [6.07, 6.45) is 3.16. The highest BCUT2D eigenvalue weighted by molar-refractivity contribution is 14.0. The smallest absolute Gasteiger partial charge is 0.191 e. The number of guanidine groups is 1. The van der Waals surface area contributed by atoms with Gasteiger partial charge in [0, 0.05) is 45.6 Å². The van der Waals surface area contributed by atoms with Crippen LogP contribution in [0.25, 0.3) is 0 Å². The lowest BCUT2D eigenvalue weighted by atomic mass is 10.1. The minimum atomic E-state index is 0. The Kier molecular flexibility index (Phi) is 11.1. The Morgan fingerprint density at radius 1 is 1.38 bits per heavy atom. The second kappa shape index (κ2) is 12.5. The van der Waals surface area contributed by atoms with E-state index in [1.807, 2.05) is 11.7 Å². The Bertz CT molecular complexity index is 556. The van der Waals surface area contributed by atoms with Crippen LogP contribution < -0.4 is 10.6 Å². The fourth-order valence-corrected chi connectivity index (χ4v) is 2.98. The first-order chi connectivity index (χ1) is 12.1. The summed E-state index contributed by atoms with van der Waals surface area (Å²) in [4.78, 5) is 4.62. The molecule has 0 aliphatic carbocycles. The zero-order chi connectivity index (χ0) is 18.1. The summed E-state index contributed by atoms with van der Waals surface area (Å²) >= 11 is 0. The zero-order valence-electron chi connectivity index (χ0n) is 16.5. The highest BCUT2D eigenvalue weighted by Gasteiger charge is 2.15. The van der Waals surface area contributed by atoms with Gasteiger partial charge < -0.3 is 20.1 Å². The van der Waals surface area contributed by atoms with Gasteiger partial charge >= 0.3 is 0 Å². The molecule has 26 heavy (non-hydrogen) atoms. The normalized spacial score (nSPS) is 17.2. The van der Waals surface area contributed by atoms with Crippen LogP contribution in [0.5, 0.6) is 0 Å². The highest BCUT2D eigenvalue weighted by Crippen LogP contribution is 2.11. The third-order valence-corrected chi connectivity index (χ3v) is 4.48. The standard InChI is InChI=1S/C18H33N5O2.HI/c1-5-19-18(20-9-6-11-25-16-8-12-24-13-16)21-10-7-17-14(2)22-23(4)15(17)3;/h16H,5-13H2,1-4H3,(H2,19,20,21);1H. The van der Waals surface area contributed by atoms with E-state index in [9.17, 15) is 0 Å². The third kappa shape index (κ3) is 7.40. The molecule has 1 saturated heterocycles. The van der Waals surface area contributed by atoms with Crippen molar-refractivity contribution in [1.82, 2.24) is 20.4 Å². The lowest BCUT2D eigenvalue weighted by Gasteiger charge is -2.12. The molecule has 2 N–H and O–H groups in total. The average molecular weight is 479 g/mol. The number of halogens is 1. The van der Waals surface area contributed by atoms with Crippen molar-refractivity contribution < 1.29 is 9.47 Å². The summed E-state index contributed by atoms with van der Waals surface area (Å²) in [5.41, 5.74) is 3.66. The van der Waals surface area contributed by atoms with Crippen LogP contribution in [-0.4, -0.2) is 61.3 Å². The Hall–Kier alpha value is -0.870. The number of rotatable bonds is 9. The van der Waals surface area contributed by atoms with E-state index in [0.717, 1.165) is 70.4 Å². The van der Waals surface area contributed by atoms with Gasteiger partial charge in [0.05, 0.1) is 18.4 Å². The molecule has 150 valence electrons. The maximum atomic E-state index is 5.77. The fraction of sp³-hybridized carbons (Fsp3) is 0.778. The van der Waals surface area contributed by atoms with Gasteiger partial charge in [-0.05, 0) is 45.6 Å². The minimum Gasteiger partial charge on any atom is -0.379 e. The van der Waals surface area contributed by atoms with Gasteiger partial charge in [0.15, 0.2) is 5.96 Å². The van der Waals surface area contributed by atoms with Crippen molar-refractivity contribution in [2.24, 2.45) is 12.0 Å². The molecule has 8 heteroatoms. The van der Waals surface area contributed by atoms with Crippen molar-refractivity contribution in [3.8, 4) is 0 Å². The number of hydrogen-bond donors (Lipinski definition) is 2. The van der Waals surface area contributed by atoms with Crippen molar-refractivity contribution in [3.63, 3.8) is 0 Å². The van der Waals surface area contributed by atoms with Crippen LogP contribution in [-0.2, 0) is 22.9 Å². The molecule has 0 amide bonds. The first-order valence-corrected chi connectivity index (χ1v) is 9.32. The number of nitrogens with zero attached hydrogens (tertiary/aromatic N) is 3. The van der Waals surface area contributed by atoms with E-state index in [-0.39, 0.29) is 30.1 Å². The summed E-state index contributed by atoms with van der Waals surface area (Å²) in [5.74, 6) is 0.867. The number of aromatic nitrogens is 2. The lowest BCUT2D eigenvalue weighted by molar-refractivity contribution is 0.0424. The number of aliphatic imine (C=N–C) groups is 1. The van der Waals surface area contributed by atoms with Crippen molar-refractivity contribution in [1.29, 1.82) is 0 Å². The summed E-state index contributed by atoms with van der Waals surface area (Å²) in [5, 5.41) is 11.2. The van der Waals surface area contributed by atoms with Crippen LogP contribution in [0, 0.1) is 13.8 Å². The summed E-state index contributed by atoms with van der Waals surface area (Å²) in [6, 6.07) is 0. The number of ether oxygens (including phenoxy) is 2. The predicted octanol–water partition coefficient (Wildman–Crippen LogP) is 1.95. The monoisotopic (exact) mass is 479 g/mol. The van der Waals surface area contributed by atoms with E-state index >= 15 is 0 Å². The van der Waals surface area contributed by atoms with Crippen LogP contribution in [0.1, 0.15) is 36.7 Å². The minimum absolute atomic E-state index is 0. The van der Waals surface area contributed by atoms with Gasteiger partial charge in [-0.2, -0.15) is 5.10 Å². The molecule has 7 nitrogen and oxygen atoms in total. The highest BCUT2D eigenvalue weighted by atomic mass is 127. The molecule has 1 atom stereocenters. The molecule has 1 fully saturated rings. The molecule has 2 heterocycles. The molecule has 1 aliphatic rings. The van der Waals surface area contributed by atoms with Gasteiger partial charge in [-0.1, -0.05) is 0 Å². The largest absolute Gasteiger partial charge is 0.379 e. The molecule has 2 rings (SSSR count). The van der Waals surface area contributed by atoms with Crippen molar-refractivity contribution in [3.05, 3.63) is 17.0 Å². The molecule has 0 aromatic carbocycles. The van der Waals surface area contributed by atoms with E-state index in [2.05, 4.69) is 41.5 Å². The van der Waals surface area contributed by atoms with Crippen LogP contribution in [0.2, 0.25) is 0 Å². The lowest BCUT2D eigenvalue weighted by Crippen LogP contribution is -2.38. The molecule has 1 aromatic rings. The SMILES string of the molecule is CCNC(=NCCCOC1CCOC1)NCCc1c(C)nn(C)c1C.I. The average Bonchev–Trinajstić information content (AvgIpc) is 3.18. The Morgan fingerprint density at radius 3 is 2.81 bits per heavy atom. The van der Waals surface area contributed by atoms with E-state index in [1.165, 1.54) is 11.3 Å². The maximum Gasteiger partial charge on any atom is 0.191 e. The molecule has 1 aromatic heterocycles. The van der Waals surface area contributed by atoms with Gasteiger partial charge in [0.2, 0.25) is 0 Å². The van der Waals surface area contributed by atoms with Crippen LogP contribution in [0.3, 0.4) is 0 Å². The molecule has 0 spiro atoms. The molecule has 0 bridgehead atoms. The van der Waals surface area contributed by atoms with Crippen LogP contribution in [0.15, 0.2) is 4.99 Å². The van der Waals surface area contributed by atoms with Gasteiger partial charge in [-0.25, -0.2) is 0 Å².